The van der Waals surface area contributed by atoms with Gasteiger partial charge in [-0.15, -0.1) is 0 Å². The molecule has 2 nitrogen and oxygen atoms in total. The maximum Gasteiger partial charge on any atom is 0.331 e. The highest BCUT2D eigenvalue weighted by molar-refractivity contribution is 9.10. The number of allylic oxidation sites excluding steroid dienone is 1. The maximum absolute atomic E-state index is 11.6. The number of unbranched alkanes of at least 4 members (excludes halogenated alkanes) is 2. The van der Waals surface area contributed by atoms with E-state index < -0.39 is 5.97 Å². The van der Waals surface area contributed by atoms with Gasteiger partial charge in [-0.2, -0.15) is 0 Å². The molecule has 114 valence electrons. The monoisotopic (exact) mass is 350 g/mol. The first kappa shape index (κ1) is 16.3. The molecule has 0 fully saturated rings. The Balaban J connectivity index is 2.16. The molecule has 3 heteroatoms. The van der Waals surface area contributed by atoms with Crippen LogP contribution in [0.2, 0.25) is 0 Å². The van der Waals surface area contributed by atoms with Crippen molar-refractivity contribution in [3.63, 3.8) is 0 Å². The van der Waals surface area contributed by atoms with E-state index in [4.69, 9.17) is 0 Å². The van der Waals surface area contributed by atoms with E-state index in [1.54, 1.807) is 0 Å². The van der Waals surface area contributed by atoms with E-state index in [9.17, 15) is 9.90 Å². The summed E-state index contributed by atoms with van der Waals surface area (Å²) in [4.78, 5) is 11.6. The zero-order chi connectivity index (χ0) is 15.2. The molecule has 0 heterocycles. The molecule has 1 aromatic carbocycles. The molecule has 0 saturated heterocycles. The van der Waals surface area contributed by atoms with Crippen molar-refractivity contribution in [1.82, 2.24) is 0 Å². The van der Waals surface area contributed by atoms with Crippen molar-refractivity contribution < 1.29 is 9.90 Å². The van der Waals surface area contributed by atoms with Crippen LogP contribution in [0.3, 0.4) is 0 Å². The highest BCUT2D eigenvalue weighted by Crippen LogP contribution is 2.38. The van der Waals surface area contributed by atoms with Gasteiger partial charge < -0.3 is 5.11 Å². The number of hydrogen-bond donors (Lipinski definition) is 1. The van der Waals surface area contributed by atoms with E-state index in [2.05, 4.69) is 22.9 Å². The molecule has 1 atom stereocenters. The van der Waals surface area contributed by atoms with Crippen molar-refractivity contribution in [3.05, 3.63) is 39.9 Å². The van der Waals surface area contributed by atoms with Crippen LogP contribution in [0.15, 0.2) is 34.3 Å². The van der Waals surface area contributed by atoms with Gasteiger partial charge in [0.05, 0.1) is 0 Å². The number of rotatable bonds is 6. The minimum atomic E-state index is -0.742. The smallest absolute Gasteiger partial charge is 0.331 e. The molecular weight excluding hydrogens is 328 g/mol. The van der Waals surface area contributed by atoms with Crippen LogP contribution < -0.4 is 0 Å². The summed E-state index contributed by atoms with van der Waals surface area (Å²) in [6, 6.07) is 7.99. The molecule has 0 radical (unpaired) electrons. The van der Waals surface area contributed by atoms with Gasteiger partial charge >= 0.3 is 5.97 Å². The number of hydrogen-bond acceptors (Lipinski definition) is 1. The van der Waals surface area contributed by atoms with Gasteiger partial charge in [0, 0.05) is 10.0 Å². The minimum Gasteiger partial charge on any atom is -0.478 e. The molecule has 0 aromatic heterocycles. The van der Waals surface area contributed by atoms with Gasteiger partial charge in [0.1, 0.15) is 0 Å². The van der Waals surface area contributed by atoms with Gasteiger partial charge in [0.15, 0.2) is 0 Å². The standard InChI is InChI=1S/C18H23BrO2/c1-2-3-4-5-13-6-11-16(17(12-13)18(20)21)14-7-9-15(19)10-8-14/h7-10,13H,2-6,11-12H2,1H3,(H,20,21). The SMILES string of the molecule is CCCCCC1CCC(c2ccc(Br)cc2)=C(C(=O)O)C1. The van der Waals surface area contributed by atoms with Crippen LogP contribution >= 0.6 is 15.9 Å². The summed E-state index contributed by atoms with van der Waals surface area (Å²) in [5.74, 6) is -0.199. The predicted octanol–water partition coefficient (Wildman–Crippen LogP) is 5.67. The van der Waals surface area contributed by atoms with E-state index in [1.807, 2.05) is 24.3 Å². The molecule has 2 rings (SSSR count). The van der Waals surface area contributed by atoms with Gasteiger partial charge in [0.2, 0.25) is 0 Å². The minimum absolute atomic E-state index is 0.543. The number of aliphatic carboxylic acids is 1. The van der Waals surface area contributed by atoms with Crippen LogP contribution in [-0.4, -0.2) is 11.1 Å². The molecule has 1 aliphatic rings. The Morgan fingerprint density at radius 1 is 1.29 bits per heavy atom. The number of carbonyl (C=O) groups is 1. The first-order valence-electron chi connectivity index (χ1n) is 7.83. The van der Waals surface area contributed by atoms with Crippen molar-refractivity contribution in [2.24, 2.45) is 5.92 Å². The lowest BCUT2D eigenvalue weighted by molar-refractivity contribution is -0.132. The number of halogens is 1. The Morgan fingerprint density at radius 2 is 2.00 bits per heavy atom. The summed E-state index contributed by atoms with van der Waals surface area (Å²) in [5.41, 5.74) is 2.72. The zero-order valence-corrected chi connectivity index (χ0v) is 14.2. The Kier molecular flexibility index (Phi) is 6.04. The topological polar surface area (TPSA) is 37.3 Å². The third-order valence-electron chi connectivity index (χ3n) is 4.33. The molecule has 1 unspecified atom stereocenters. The summed E-state index contributed by atoms with van der Waals surface area (Å²) in [6.07, 6.45) is 7.59. The van der Waals surface area contributed by atoms with Gasteiger partial charge in [0.25, 0.3) is 0 Å². The Morgan fingerprint density at radius 3 is 2.62 bits per heavy atom. The molecule has 21 heavy (non-hydrogen) atoms. The molecule has 1 aromatic rings. The Labute approximate surface area is 135 Å². The predicted molar refractivity (Wildman–Crippen MR) is 90.2 cm³/mol. The quantitative estimate of drug-likeness (QED) is 0.671. The second kappa shape index (κ2) is 7.79. The maximum atomic E-state index is 11.6. The van der Waals surface area contributed by atoms with E-state index in [-0.39, 0.29) is 0 Å². The highest BCUT2D eigenvalue weighted by Gasteiger charge is 2.25. The third kappa shape index (κ3) is 4.44. The normalized spacial score (nSPS) is 18.9. The van der Waals surface area contributed by atoms with Crippen LogP contribution in [0.25, 0.3) is 5.57 Å². The summed E-state index contributed by atoms with van der Waals surface area (Å²) >= 11 is 3.43. The van der Waals surface area contributed by atoms with Gasteiger partial charge in [-0.05, 0) is 48.4 Å². The summed E-state index contributed by atoms with van der Waals surface area (Å²) in [5, 5.41) is 9.55. The summed E-state index contributed by atoms with van der Waals surface area (Å²) in [7, 11) is 0. The average Bonchev–Trinajstić information content (AvgIpc) is 2.48. The fourth-order valence-electron chi connectivity index (χ4n) is 3.13. The van der Waals surface area contributed by atoms with Crippen molar-refractivity contribution in [1.29, 1.82) is 0 Å². The average molecular weight is 351 g/mol. The fraction of sp³-hybridized carbons (Fsp3) is 0.500. The molecule has 0 amide bonds. The molecule has 0 aliphatic heterocycles. The number of benzene rings is 1. The van der Waals surface area contributed by atoms with Gasteiger partial charge in [-0.3, -0.25) is 0 Å². The van der Waals surface area contributed by atoms with Crippen LogP contribution in [0.4, 0.5) is 0 Å². The van der Waals surface area contributed by atoms with Crippen molar-refractivity contribution in [2.45, 2.75) is 51.9 Å². The van der Waals surface area contributed by atoms with Gasteiger partial charge in [-0.25, -0.2) is 4.79 Å². The lowest BCUT2D eigenvalue weighted by Gasteiger charge is -2.26. The molecule has 1 aliphatic carbocycles. The highest BCUT2D eigenvalue weighted by atomic mass is 79.9. The zero-order valence-electron chi connectivity index (χ0n) is 12.6. The van der Waals surface area contributed by atoms with Gasteiger partial charge in [-0.1, -0.05) is 60.7 Å². The Hall–Kier alpha value is -1.09. The number of carboxylic acid groups (broad SMARTS) is 1. The van der Waals surface area contributed by atoms with E-state index >= 15 is 0 Å². The molecule has 1 N–H and O–H groups in total. The molecule has 0 bridgehead atoms. The Bertz CT molecular complexity index is 517. The molecular formula is C18H23BrO2. The third-order valence-corrected chi connectivity index (χ3v) is 4.86. The second-order valence-electron chi connectivity index (χ2n) is 5.87. The first-order valence-corrected chi connectivity index (χ1v) is 8.62. The van der Waals surface area contributed by atoms with Crippen LogP contribution in [-0.2, 0) is 4.79 Å². The molecule has 0 saturated carbocycles. The van der Waals surface area contributed by atoms with E-state index in [0.29, 0.717) is 11.5 Å². The lowest BCUT2D eigenvalue weighted by Crippen LogP contribution is -2.16. The number of carboxylic acids is 1. The largest absolute Gasteiger partial charge is 0.478 e. The van der Waals surface area contributed by atoms with Crippen LogP contribution in [0.1, 0.15) is 57.4 Å². The molecule has 0 spiro atoms. The lowest BCUT2D eigenvalue weighted by atomic mass is 9.79. The van der Waals surface area contributed by atoms with Crippen molar-refractivity contribution in [3.8, 4) is 0 Å². The van der Waals surface area contributed by atoms with E-state index in [0.717, 1.165) is 41.3 Å². The van der Waals surface area contributed by atoms with Crippen LogP contribution in [0, 0.1) is 5.92 Å². The first-order chi connectivity index (χ1) is 10.1. The van der Waals surface area contributed by atoms with E-state index in [1.165, 1.54) is 19.3 Å². The van der Waals surface area contributed by atoms with Crippen molar-refractivity contribution in [2.75, 3.05) is 0 Å². The fourth-order valence-corrected chi connectivity index (χ4v) is 3.39. The van der Waals surface area contributed by atoms with Crippen molar-refractivity contribution >= 4 is 27.5 Å². The second-order valence-corrected chi connectivity index (χ2v) is 6.79. The summed E-state index contributed by atoms with van der Waals surface area (Å²) < 4.78 is 1.02. The van der Waals surface area contributed by atoms with Crippen LogP contribution in [0.5, 0.6) is 0 Å². The summed E-state index contributed by atoms with van der Waals surface area (Å²) in [6.45, 7) is 2.20.